The van der Waals surface area contributed by atoms with E-state index in [0.717, 1.165) is 24.3 Å². The molecule has 0 saturated carbocycles. The number of ether oxygens (including phenoxy) is 1. The molecule has 3 heteroatoms. The molecule has 0 aliphatic carbocycles. The van der Waals surface area contributed by atoms with E-state index in [1.54, 1.807) is 7.11 Å². The minimum atomic E-state index is 0.903. The molecule has 1 rings (SSSR count). The van der Waals surface area contributed by atoms with E-state index in [1.165, 1.54) is 34.0 Å². The molecule has 1 aromatic rings. The second kappa shape index (κ2) is 6.56. The summed E-state index contributed by atoms with van der Waals surface area (Å²) in [5, 5.41) is 10.6. The van der Waals surface area contributed by atoms with Crippen LogP contribution in [0.2, 0.25) is 0 Å². The van der Waals surface area contributed by atoms with E-state index in [9.17, 15) is 0 Å². The van der Waals surface area contributed by atoms with E-state index in [2.05, 4.69) is 32.2 Å². The maximum atomic E-state index is 8.48. The molecule has 0 spiro atoms. The lowest BCUT2D eigenvalue weighted by Crippen LogP contribution is -2.00. The molecule has 0 fully saturated rings. The van der Waals surface area contributed by atoms with Crippen LogP contribution in [0.25, 0.3) is 0 Å². The molecule has 2 nitrogen and oxygen atoms in total. The summed E-state index contributed by atoms with van der Waals surface area (Å²) in [5.41, 5.74) is 5.23. The van der Waals surface area contributed by atoms with Crippen LogP contribution >= 0.6 is 11.8 Å². The number of nitriles is 1. The molecular weight excluding hydrogens is 230 g/mol. The van der Waals surface area contributed by atoms with Crippen LogP contribution in [0.1, 0.15) is 28.7 Å². The zero-order chi connectivity index (χ0) is 12.8. The lowest BCUT2D eigenvalue weighted by atomic mass is 9.94. The Balaban J connectivity index is 2.86. The molecule has 0 bridgehead atoms. The topological polar surface area (TPSA) is 33.0 Å². The lowest BCUT2D eigenvalue weighted by Gasteiger charge is -2.15. The van der Waals surface area contributed by atoms with Gasteiger partial charge in [-0.05, 0) is 73.7 Å². The maximum absolute atomic E-state index is 8.48. The highest BCUT2D eigenvalue weighted by Gasteiger charge is 2.10. The number of thiocyanates is 1. The lowest BCUT2D eigenvalue weighted by molar-refractivity contribution is 0.410. The van der Waals surface area contributed by atoms with Crippen LogP contribution in [0.3, 0.4) is 0 Å². The number of rotatable bonds is 5. The molecule has 0 unspecified atom stereocenters. The second-order valence-electron chi connectivity index (χ2n) is 4.17. The fraction of sp³-hybridized carbons (Fsp3) is 0.500. The van der Waals surface area contributed by atoms with Crippen LogP contribution in [0, 0.1) is 31.4 Å². The predicted octanol–water partition coefficient (Wildman–Crippen LogP) is 3.77. The molecule has 17 heavy (non-hydrogen) atoms. The standard InChI is InChI=1S/C14H19NOS/c1-10-8-14(16-4)12(3)11(2)13(10)6-5-7-17-9-15/h8H,5-7H2,1-4H3. The van der Waals surface area contributed by atoms with Gasteiger partial charge in [-0.25, -0.2) is 0 Å². The first kappa shape index (κ1) is 13.9. The van der Waals surface area contributed by atoms with Gasteiger partial charge in [-0.1, -0.05) is 0 Å². The Morgan fingerprint density at radius 1 is 1.29 bits per heavy atom. The summed E-state index contributed by atoms with van der Waals surface area (Å²) >= 11 is 1.33. The van der Waals surface area contributed by atoms with Gasteiger partial charge in [0.05, 0.1) is 7.11 Å². The number of benzene rings is 1. The zero-order valence-electron chi connectivity index (χ0n) is 11.0. The van der Waals surface area contributed by atoms with E-state index in [4.69, 9.17) is 10.00 Å². The molecule has 0 aliphatic rings. The van der Waals surface area contributed by atoms with Crippen LogP contribution in [-0.4, -0.2) is 12.9 Å². The van der Waals surface area contributed by atoms with Crippen LogP contribution in [0.5, 0.6) is 5.75 Å². The van der Waals surface area contributed by atoms with E-state index in [-0.39, 0.29) is 0 Å². The Hall–Kier alpha value is -1.14. The van der Waals surface area contributed by atoms with Gasteiger partial charge in [0.15, 0.2) is 0 Å². The average molecular weight is 249 g/mol. The van der Waals surface area contributed by atoms with Crippen molar-refractivity contribution in [3.63, 3.8) is 0 Å². The summed E-state index contributed by atoms with van der Waals surface area (Å²) in [7, 11) is 1.71. The Labute approximate surface area is 108 Å². The van der Waals surface area contributed by atoms with Gasteiger partial charge in [-0.2, -0.15) is 5.26 Å². The molecule has 0 amide bonds. The molecule has 0 heterocycles. The molecule has 0 aliphatic heterocycles. The molecule has 0 atom stereocenters. The van der Waals surface area contributed by atoms with Crippen molar-refractivity contribution in [2.75, 3.05) is 12.9 Å². The Kier molecular flexibility index (Phi) is 5.37. The van der Waals surface area contributed by atoms with E-state index in [0.29, 0.717) is 0 Å². The van der Waals surface area contributed by atoms with Gasteiger partial charge in [-0.15, -0.1) is 0 Å². The highest BCUT2D eigenvalue weighted by molar-refractivity contribution is 8.03. The third-order valence-electron chi connectivity index (χ3n) is 3.17. The number of methoxy groups -OCH3 is 1. The van der Waals surface area contributed by atoms with Crippen molar-refractivity contribution < 1.29 is 4.74 Å². The average Bonchev–Trinajstić information content (AvgIpc) is 2.32. The summed E-state index contributed by atoms with van der Waals surface area (Å²) < 4.78 is 5.36. The van der Waals surface area contributed by atoms with Crippen LogP contribution in [0.15, 0.2) is 6.07 Å². The first-order valence-electron chi connectivity index (χ1n) is 5.76. The van der Waals surface area contributed by atoms with E-state index >= 15 is 0 Å². The van der Waals surface area contributed by atoms with Crippen molar-refractivity contribution >= 4 is 11.8 Å². The van der Waals surface area contributed by atoms with Crippen molar-refractivity contribution in [1.82, 2.24) is 0 Å². The normalized spacial score (nSPS) is 10.1. The number of aryl methyl sites for hydroxylation is 1. The Morgan fingerprint density at radius 3 is 2.59 bits per heavy atom. The third-order valence-corrected chi connectivity index (χ3v) is 3.79. The SMILES string of the molecule is COc1cc(C)c(CCCSC#N)c(C)c1C. The quantitative estimate of drug-likeness (QED) is 0.588. The Bertz CT molecular complexity index is 435. The summed E-state index contributed by atoms with van der Waals surface area (Å²) in [6.07, 6.45) is 2.09. The van der Waals surface area contributed by atoms with Crippen molar-refractivity contribution in [2.45, 2.75) is 33.6 Å². The minimum Gasteiger partial charge on any atom is -0.496 e. The predicted molar refractivity (Wildman–Crippen MR) is 73.6 cm³/mol. The van der Waals surface area contributed by atoms with Gasteiger partial charge >= 0.3 is 0 Å². The number of hydrogen-bond donors (Lipinski definition) is 0. The first-order valence-corrected chi connectivity index (χ1v) is 6.75. The third kappa shape index (κ3) is 3.41. The van der Waals surface area contributed by atoms with Gasteiger partial charge in [0.1, 0.15) is 11.2 Å². The molecule has 1 aromatic carbocycles. The van der Waals surface area contributed by atoms with Crippen LogP contribution < -0.4 is 4.74 Å². The molecule has 0 radical (unpaired) electrons. The molecular formula is C14H19NOS. The zero-order valence-corrected chi connectivity index (χ0v) is 11.8. The fourth-order valence-electron chi connectivity index (χ4n) is 2.06. The maximum Gasteiger partial charge on any atom is 0.133 e. The van der Waals surface area contributed by atoms with Gasteiger partial charge < -0.3 is 4.74 Å². The van der Waals surface area contributed by atoms with Crippen molar-refractivity contribution in [3.8, 4) is 11.2 Å². The van der Waals surface area contributed by atoms with Gasteiger partial charge in [0.2, 0.25) is 0 Å². The Morgan fingerprint density at radius 2 is 2.00 bits per heavy atom. The van der Waals surface area contributed by atoms with Crippen molar-refractivity contribution in [3.05, 3.63) is 28.3 Å². The van der Waals surface area contributed by atoms with Gasteiger partial charge in [0, 0.05) is 5.75 Å². The van der Waals surface area contributed by atoms with Crippen LogP contribution in [-0.2, 0) is 6.42 Å². The highest BCUT2D eigenvalue weighted by Crippen LogP contribution is 2.28. The van der Waals surface area contributed by atoms with E-state index < -0.39 is 0 Å². The number of thioether (sulfide) groups is 1. The molecule has 0 saturated heterocycles. The first-order chi connectivity index (χ1) is 8.11. The smallest absolute Gasteiger partial charge is 0.133 e. The number of nitrogens with zero attached hydrogens (tertiary/aromatic N) is 1. The van der Waals surface area contributed by atoms with Gasteiger partial charge in [0.25, 0.3) is 0 Å². The summed E-state index contributed by atoms with van der Waals surface area (Å²) in [6, 6.07) is 2.11. The molecule has 0 aromatic heterocycles. The van der Waals surface area contributed by atoms with Crippen molar-refractivity contribution in [2.24, 2.45) is 0 Å². The largest absolute Gasteiger partial charge is 0.496 e. The van der Waals surface area contributed by atoms with Crippen LogP contribution in [0.4, 0.5) is 0 Å². The molecule has 92 valence electrons. The van der Waals surface area contributed by atoms with Crippen molar-refractivity contribution in [1.29, 1.82) is 5.26 Å². The molecule has 0 N–H and O–H groups in total. The summed E-state index contributed by atoms with van der Waals surface area (Å²) in [6.45, 7) is 6.38. The second-order valence-corrected chi connectivity index (χ2v) is 5.05. The highest BCUT2D eigenvalue weighted by atomic mass is 32.2. The fourth-order valence-corrected chi connectivity index (χ4v) is 2.44. The van der Waals surface area contributed by atoms with E-state index in [1.807, 2.05) is 0 Å². The monoisotopic (exact) mass is 249 g/mol. The summed E-state index contributed by atoms with van der Waals surface area (Å²) in [5.74, 6) is 1.87. The number of hydrogen-bond acceptors (Lipinski definition) is 3. The van der Waals surface area contributed by atoms with Gasteiger partial charge in [-0.3, -0.25) is 0 Å². The minimum absolute atomic E-state index is 0.903. The summed E-state index contributed by atoms with van der Waals surface area (Å²) in [4.78, 5) is 0.